The number of hydrogen-bond donors (Lipinski definition) is 1. The minimum absolute atomic E-state index is 0.572. The zero-order valence-electron chi connectivity index (χ0n) is 10.9. The van der Waals surface area contributed by atoms with Crippen molar-refractivity contribution in [1.29, 1.82) is 0 Å². The maximum absolute atomic E-state index is 6.27. The lowest BCUT2D eigenvalue weighted by atomic mass is 10.2. The van der Waals surface area contributed by atoms with Crippen molar-refractivity contribution in [1.82, 2.24) is 24.8 Å². The molecular weight excluding hydrogens is 276 g/mol. The van der Waals surface area contributed by atoms with Gasteiger partial charge >= 0.3 is 0 Å². The molecule has 0 aliphatic rings. The molecule has 2 aromatic heterocycles. The number of nitrogens with one attached hydrogen (secondary N) is 1. The number of rotatable bonds is 4. The van der Waals surface area contributed by atoms with E-state index in [-0.39, 0.29) is 0 Å². The molecule has 0 aliphatic heterocycles. The maximum Gasteiger partial charge on any atom is 0.106 e. The normalized spacial score (nSPS) is 10.7. The molecule has 0 saturated heterocycles. The van der Waals surface area contributed by atoms with Crippen LogP contribution in [0.15, 0.2) is 42.9 Å². The van der Waals surface area contributed by atoms with Crippen LogP contribution in [0.3, 0.4) is 0 Å². The van der Waals surface area contributed by atoms with Crippen molar-refractivity contribution in [2.24, 2.45) is 7.05 Å². The van der Waals surface area contributed by atoms with Gasteiger partial charge in [-0.15, -0.1) is 5.10 Å². The fraction of sp³-hybridized carbons (Fsp3) is 0.154. The van der Waals surface area contributed by atoms with E-state index in [1.165, 1.54) is 0 Å². The lowest BCUT2D eigenvalue weighted by Crippen LogP contribution is -2.05. The van der Waals surface area contributed by atoms with Crippen LogP contribution in [0, 0.1) is 0 Å². The fourth-order valence-electron chi connectivity index (χ4n) is 1.95. The summed E-state index contributed by atoms with van der Waals surface area (Å²) >= 11 is 6.27. The standard InChI is InChI=1S/C13H13ClN6/c1-19-9-10(17-18-19)8-15-12-5-2-4-11(14)13(12)20-7-3-6-16-20/h2-7,9,15H,8H2,1H3. The topological polar surface area (TPSA) is 60.6 Å². The number of halogens is 1. The molecule has 2 heterocycles. The predicted molar refractivity (Wildman–Crippen MR) is 76.9 cm³/mol. The van der Waals surface area contributed by atoms with Crippen molar-refractivity contribution < 1.29 is 0 Å². The first kappa shape index (κ1) is 12.7. The summed E-state index contributed by atoms with van der Waals surface area (Å²) in [6.07, 6.45) is 5.44. The van der Waals surface area contributed by atoms with Gasteiger partial charge in [-0.3, -0.25) is 4.68 Å². The Morgan fingerprint density at radius 3 is 2.90 bits per heavy atom. The van der Waals surface area contributed by atoms with E-state index in [0.717, 1.165) is 17.1 Å². The lowest BCUT2D eigenvalue weighted by molar-refractivity contribution is 0.713. The zero-order chi connectivity index (χ0) is 13.9. The van der Waals surface area contributed by atoms with Crippen molar-refractivity contribution in [3.8, 4) is 5.69 Å². The number of para-hydroxylation sites is 1. The number of aromatic nitrogens is 5. The van der Waals surface area contributed by atoms with Crippen LogP contribution in [0.2, 0.25) is 5.02 Å². The molecule has 0 spiro atoms. The molecule has 3 aromatic rings. The molecule has 1 aromatic carbocycles. The van der Waals surface area contributed by atoms with Gasteiger partial charge in [-0.2, -0.15) is 5.10 Å². The quantitative estimate of drug-likeness (QED) is 0.800. The van der Waals surface area contributed by atoms with E-state index >= 15 is 0 Å². The van der Waals surface area contributed by atoms with Crippen molar-refractivity contribution in [2.75, 3.05) is 5.32 Å². The second-order valence-corrected chi connectivity index (χ2v) is 4.73. The predicted octanol–water partition coefficient (Wildman–Crippen LogP) is 2.27. The smallest absolute Gasteiger partial charge is 0.106 e. The molecule has 0 aliphatic carbocycles. The van der Waals surface area contributed by atoms with Gasteiger partial charge in [0.05, 0.1) is 17.3 Å². The zero-order valence-corrected chi connectivity index (χ0v) is 11.6. The Hall–Kier alpha value is -2.34. The van der Waals surface area contributed by atoms with E-state index in [4.69, 9.17) is 11.6 Å². The van der Waals surface area contributed by atoms with Gasteiger partial charge < -0.3 is 5.32 Å². The minimum Gasteiger partial charge on any atom is -0.377 e. The molecule has 0 radical (unpaired) electrons. The molecule has 0 fully saturated rings. The minimum atomic E-state index is 0.572. The van der Waals surface area contributed by atoms with E-state index in [1.54, 1.807) is 15.6 Å². The lowest BCUT2D eigenvalue weighted by Gasteiger charge is -2.12. The monoisotopic (exact) mass is 288 g/mol. The third kappa shape index (κ3) is 2.50. The second-order valence-electron chi connectivity index (χ2n) is 4.32. The first-order chi connectivity index (χ1) is 9.74. The average molecular weight is 289 g/mol. The van der Waals surface area contributed by atoms with Gasteiger partial charge in [0.25, 0.3) is 0 Å². The number of benzene rings is 1. The van der Waals surface area contributed by atoms with Crippen molar-refractivity contribution in [3.63, 3.8) is 0 Å². The van der Waals surface area contributed by atoms with Gasteiger partial charge in [0.2, 0.25) is 0 Å². The second kappa shape index (κ2) is 5.34. The number of nitrogens with zero attached hydrogens (tertiary/aromatic N) is 5. The first-order valence-corrected chi connectivity index (χ1v) is 6.49. The third-order valence-electron chi connectivity index (χ3n) is 2.83. The van der Waals surface area contributed by atoms with Crippen molar-refractivity contribution >= 4 is 17.3 Å². The van der Waals surface area contributed by atoms with E-state index < -0.39 is 0 Å². The molecule has 102 valence electrons. The molecular formula is C13H13ClN6. The summed E-state index contributed by atoms with van der Waals surface area (Å²) in [5, 5.41) is 16.1. The van der Waals surface area contributed by atoms with Crippen molar-refractivity contribution in [3.05, 3.63) is 53.6 Å². The van der Waals surface area contributed by atoms with Gasteiger partial charge in [-0.05, 0) is 18.2 Å². The molecule has 0 amide bonds. The van der Waals surface area contributed by atoms with Gasteiger partial charge in [0, 0.05) is 25.6 Å². The molecule has 0 atom stereocenters. The fourth-order valence-corrected chi connectivity index (χ4v) is 2.22. The van der Waals surface area contributed by atoms with Crippen molar-refractivity contribution in [2.45, 2.75) is 6.54 Å². The van der Waals surface area contributed by atoms with E-state index in [0.29, 0.717) is 11.6 Å². The van der Waals surface area contributed by atoms with Gasteiger partial charge in [0.15, 0.2) is 0 Å². The Bertz CT molecular complexity index is 703. The van der Waals surface area contributed by atoms with Crippen LogP contribution in [0.5, 0.6) is 0 Å². The van der Waals surface area contributed by atoms with Crippen LogP contribution in [0.4, 0.5) is 5.69 Å². The summed E-state index contributed by atoms with van der Waals surface area (Å²) in [5.41, 5.74) is 2.58. The van der Waals surface area contributed by atoms with Crippen LogP contribution < -0.4 is 5.32 Å². The van der Waals surface area contributed by atoms with Gasteiger partial charge in [-0.1, -0.05) is 22.9 Å². The van der Waals surface area contributed by atoms with Crippen LogP contribution in [0.25, 0.3) is 5.69 Å². The average Bonchev–Trinajstić information content (AvgIpc) is 3.08. The van der Waals surface area contributed by atoms with Gasteiger partial charge in [-0.25, -0.2) is 4.68 Å². The molecule has 0 bridgehead atoms. The molecule has 0 saturated carbocycles. The van der Waals surface area contributed by atoms with E-state index in [9.17, 15) is 0 Å². The number of anilines is 1. The highest BCUT2D eigenvalue weighted by atomic mass is 35.5. The Labute approximate surface area is 121 Å². The van der Waals surface area contributed by atoms with Crippen LogP contribution in [-0.2, 0) is 13.6 Å². The van der Waals surface area contributed by atoms with Crippen LogP contribution in [0.1, 0.15) is 5.69 Å². The van der Waals surface area contributed by atoms with E-state index in [1.807, 2.05) is 43.7 Å². The summed E-state index contributed by atoms with van der Waals surface area (Å²) in [4.78, 5) is 0. The summed E-state index contributed by atoms with van der Waals surface area (Å²) in [5.74, 6) is 0. The van der Waals surface area contributed by atoms with E-state index in [2.05, 4.69) is 20.7 Å². The highest BCUT2D eigenvalue weighted by Gasteiger charge is 2.09. The molecule has 7 heteroatoms. The summed E-state index contributed by atoms with van der Waals surface area (Å²) in [6.45, 7) is 0.572. The number of hydrogen-bond acceptors (Lipinski definition) is 4. The Morgan fingerprint density at radius 2 is 2.20 bits per heavy atom. The summed E-state index contributed by atoms with van der Waals surface area (Å²) in [6, 6.07) is 7.55. The molecule has 3 rings (SSSR count). The van der Waals surface area contributed by atoms with Crippen LogP contribution >= 0.6 is 11.6 Å². The third-order valence-corrected chi connectivity index (χ3v) is 3.14. The Morgan fingerprint density at radius 1 is 1.30 bits per heavy atom. The Balaban J connectivity index is 1.88. The highest BCUT2D eigenvalue weighted by molar-refractivity contribution is 6.33. The molecule has 0 unspecified atom stereocenters. The maximum atomic E-state index is 6.27. The highest BCUT2D eigenvalue weighted by Crippen LogP contribution is 2.28. The Kier molecular flexibility index (Phi) is 3.39. The molecule has 1 N–H and O–H groups in total. The number of aryl methyl sites for hydroxylation is 1. The SMILES string of the molecule is Cn1cc(CNc2cccc(Cl)c2-n2cccn2)nn1. The first-order valence-electron chi connectivity index (χ1n) is 6.11. The molecule has 6 nitrogen and oxygen atoms in total. The summed E-state index contributed by atoms with van der Waals surface area (Å²) < 4.78 is 3.41. The molecule has 20 heavy (non-hydrogen) atoms. The van der Waals surface area contributed by atoms with Crippen LogP contribution in [-0.4, -0.2) is 24.8 Å². The van der Waals surface area contributed by atoms with Gasteiger partial charge in [0.1, 0.15) is 11.4 Å². The summed E-state index contributed by atoms with van der Waals surface area (Å²) in [7, 11) is 1.84. The largest absolute Gasteiger partial charge is 0.377 e.